The summed E-state index contributed by atoms with van der Waals surface area (Å²) in [6.07, 6.45) is 0. The second-order valence-electron chi connectivity index (χ2n) is 0.224. The van der Waals surface area contributed by atoms with Crippen LogP contribution in [-0.2, 0) is 20.4 Å². The minimum Gasteiger partial charge on any atom is 0 e. The Bertz CT molecular complexity index is 33.8. The Hall–Kier alpha value is 0.862. The van der Waals surface area contributed by atoms with E-state index in [1.54, 1.807) is 0 Å². The van der Waals surface area contributed by atoms with Gasteiger partial charge in [-0.2, -0.15) is 0 Å². The fraction of sp³-hybridized carbons (Fsp3) is 0. The summed E-state index contributed by atoms with van der Waals surface area (Å²) in [6, 6.07) is 0. The topological polar surface area (TPSA) is 66.2 Å². The van der Waals surface area contributed by atoms with E-state index in [2.05, 4.69) is 0 Å². The Labute approximate surface area is 70.0 Å². The summed E-state index contributed by atoms with van der Waals surface area (Å²) >= 11 is 0. The van der Waals surface area contributed by atoms with Crippen LogP contribution in [0.2, 0.25) is 0 Å². The molecule has 0 aliphatic rings. The number of nitrogens with zero attached hydrogens (tertiary/aromatic N) is 1. The molecule has 0 aliphatic heterocycles. The van der Waals surface area contributed by atoms with Crippen LogP contribution in [0.25, 0.3) is 0 Å². The molecule has 0 aromatic carbocycles. The van der Waals surface area contributed by atoms with Crippen LogP contribution in [-0.4, -0.2) is 34.6 Å². The average Bonchev–Trinajstić information content (AvgIpc) is 0.811. The van der Waals surface area contributed by atoms with Gasteiger partial charge in [0, 0.05) is 20.4 Å². The largest absolute Gasteiger partial charge is 0 e. The van der Waals surface area contributed by atoms with E-state index in [9.17, 15) is 0 Å². The maximum absolute atomic E-state index is 8.25. The summed E-state index contributed by atoms with van der Waals surface area (Å²) in [7, 11) is 0. The first kappa shape index (κ1) is 15.8. The zero-order valence-electron chi connectivity index (χ0n) is 1.99. The molecule has 0 aliphatic carbocycles. The predicted octanol–water partition coefficient (Wildman–Crippen LogP) is -0.890. The molecule has 36 valence electrons. The zero-order chi connectivity index (χ0) is 3.58. The maximum atomic E-state index is 8.25. The minimum absolute atomic E-state index is 0. The van der Waals surface area contributed by atoms with Crippen LogP contribution in [0.15, 0.2) is 0 Å². The van der Waals surface area contributed by atoms with Gasteiger partial charge in [0.2, 0.25) is 0 Å². The average molecular weight is 192 g/mol. The normalized spacial score (nSPS) is 4.00. The third kappa shape index (κ3) is 97.5. The molecule has 0 aromatic heterocycles. The molecule has 0 saturated heterocycles. The molecule has 0 rings (SSSR count). The minimum atomic E-state index is -1.75. The summed E-state index contributed by atoms with van der Waals surface area (Å²) in [5, 5.41) is 14.8. The Morgan fingerprint density at radius 2 is 1.33 bits per heavy atom. The maximum Gasteiger partial charge on any atom is 0 e. The molecule has 0 fully saturated rings. The molecular formula is HNNaO3Pd-. The molecule has 4 nitrogen and oxygen atoms in total. The van der Waals surface area contributed by atoms with Crippen molar-refractivity contribution in [3.63, 3.8) is 0 Å². The molecule has 0 spiro atoms. The van der Waals surface area contributed by atoms with E-state index in [1.807, 2.05) is 0 Å². The summed E-state index contributed by atoms with van der Waals surface area (Å²) in [5.74, 6) is 0. The van der Waals surface area contributed by atoms with Crippen molar-refractivity contribution in [3.8, 4) is 0 Å². The Morgan fingerprint density at radius 3 is 1.33 bits per heavy atom. The predicted molar refractivity (Wildman–Crippen MR) is 17.5 cm³/mol. The van der Waals surface area contributed by atoms with E-state index in [0.717, 1.165) is 0 Å². The molecule has 6 heteroatoms. The molecule has 0 amide bonds. The van der Waals surface area contributed by atoms with Crippen LogP contribution < -0.4 is 0 Å². The molecule has 0 unspecified atom stereocenters. The first-order valence-corrected chi connectivity index (χ1v) is 0.548. The van der Waals surface area contributed by atoms with Crippen molar-refractivity contribution in [2.45, 2.75) is 0 Å². The number of hydrogen-bond acceptors (Lipinski definition) is 3. The van der Waals surface area contributed by atoms with E-state index >= 15 is 0 Å². The SMILES string of the molecule is O=[N+]([O-])[O-].[NaH].[Pd]. The van der Waals surface area contributed by atoms with Crippen LogP contribution in [0.1, 0.15) is 0 Å². The molecule has 0 bridgehead atoms. The van der Waals surface area contributed by atoms with Gasteiger partial charge in [-0.1, -0.05) is 0 Å². The molecule has 0 saturated carbocycles. The quantitative estimate of drug-likeness (QED) is 0.284. The van der Waals surface area contributed by atoms with Gasteiger partial charge in [0.15, 0.2) is 0 Å². The fourth-order valence-electron chi connectivity index (χ4n) is 0. The number of hydrogen-bond donors (Lipinski definition) is 0. The van der Waals surface area contributed by atoms with Gasteiger partial charge in [-0.3, -0.25) is 0 Å². The first-order valence-electron chi connectivity index (χ1n) is 0.548. The molecule has 0 heterocycles. The van der Waals surface area contributed by atoms with Gasteiger partial charge in [0.25, 0.3) is 0 Å². The summed E-state index contributed by atoms with van der Waals surface area (Å²) in [5.41, 5.74) is 0. The third-order valence-corrected chi connectivity index (χ3v) is 0. The standard InChI is InChI=1S/NO3.Na.Pd.H/c2-1(3)4;;;/q-1;;;. The molecule has 0 aromatic rings. The van der Waals surface area contributed by atoms with Gasteiger partial charge in [-0.05, 0) is 0 Å². The monoisotopic (exact) mass is 192 g/mol. The van der Waals surface area contributed by atoms with Crippen LogP contribution in [0.5, 0.6) is 0 Å². The van der Waals surface area contributed by atoms with Gasteiger partial charge in [-0.25, -0.2) is 0 Å². The van der Waals surface area contributed by atoms with E-state index in [-0.39, 0.29) is 50.0 Å². The van der Waals surface area contributed by atoms with E-state index in [1.165, 1.54) is 0 Å². The smallest absolute Gasteiger partial charge is 0 e. The zero-order valence-corrected chi connectivity index (χ0v) is 3.54. The summed E-state index contributed by atoms with van der Waals surface area (Å²) in [6.45, 7) is 0. The van der Waals surface area contributed by atoms with Crippen molar-refractivity contribution in [3.05, 3.63) is 15.3 Å². The van der Waals surface area contributed by atoms with Gasteiger partial charge < -0.3 is 15.3 Å². The van der Waals surface area contributed by atoms with Crippen LogP contribution in [0, 0.1) is 15.3 Å². The van der Waals surface area contributed by atoms with Gasteiger partial charge in [0.05, 0.1) is 5.09 Å². The van der Waals surface area contributed by atoms with Crippen molar-refractivity contribution in [1.29, 1.82) is 0 Å². The van der Waals surface area contributed by atoms with E-state index in [0.29, 0.717) is 0 Å². The van der Waals surface area contributed by atoms with Gasteiger partial charge in [-0.15, -0.1) is 0 Å². The summed E-state index contributed by atoms with van der Waals surface area (Å²) in [4.78, 5) is 8.25. The molecule has 6 heavy (non-hydrogen) atoms. The van der Waals surface area contributed by atoms with Crippen molar-refractivity contribution in [1.82, 2.24) is 0 Å². The van der Waals surface area contributed by atoms with Crippen molar-refractivity contribution in [2.24, 2.45) is 0 Å². The van der Waals surface area contributed by atoms with E-state index in [4.69, 9.17) is 15.3 Å². The second kappa shape index (κ2) is 9.29. The van der Waals surface area contributed by atoms with Crippen molar-refractivity contribution >= 4 is 29.6 Å². The van der Waals surface area contributed by atoms with Crippen LogP contribution >= 0.6 is 0 Å². The molecule has 0 atom stereocenters. The second-order valence-corrected chi connectivity index (χ2v) is 0.224. The first-order chi connectivity index (χ1) is 1.73. The van der Waals surface area contributed by atoms with Crippen LogP contribution in [0.3, 0.4) is 0 Å². The van der Waals surface area contributed by atoms with Crippen LogP contribution in [0.4, 0.5) is 0 Å². The van der Waals surface area contributed by atoms with Crippen molar-refractivity contribution < 1.29 is 25.5 Å². The van der Waals surface area contributed by atoms with E-state index < -0.39 is 5.09 Å². The van der Waals surface area contributed by atoms with Gasteiger partial charge >= 0.3 is 29.6 Å². The van der Waals surface area contributed by atoms with Crippen molar-refractivity contribution in [2.75, 3.05) is 0 Å². The molecule has 0 radical (unpaired) electrons. The summed E-state index contributed by atoms with van der Waals surface area (Å²) < 4.78 is 0. The van der Waals surface area contributed by atoms with Gasteiger partial charge in [0.1, 0.15) is 0 Å². The third-order valence-electron chi connectivity index (χ3n) is 0. The molecule has 0 N–H and O–H groups in total. The Kier molecular flexibility index (Phi) is 24.5. The Balaban J connectivity index is -0.0000000450. The fourth-order valence-corrected chi connectivity index (χ4v) is 0. The Morgan fingerprint density at radius 1 is 1.33 bits per heavy atom. The number of rotatable bonds is 0. The molecular weight excluding hydrogens is 191 g/mol.